The molecular weight excluding hydrogens is 384 g/mol. The number of esters is 1. The minimum absolute atomic E-state index is 0.00546. The van der Waals surface area contributed by atoms with Gasteiger partial charge in [0.05, 0.1) is 11.1 Å². The molecule has 3 rings (SSSR count). The number of carbonyl (C=O) groups excluding carboxylic acids is 4. The molecule has 156 valence electrons. The highest BCUT2D eigenvalue weighted by atomic mass is 16.5. The molecule has 1 N–H and O–H groups in total. The summed E-state index contributed by atoms with van der Waals surface area (Å²) >= 11 is 0. The third kappa shape index (κ3) is 4.40. The van der Waals surface area contributed by atoms with Gasteiger partial charge in [-0.05, 0) is 56.5 Å². The zero-order valence-electron chi connectivity index (χ0n) is 17.2. The summed E-state index contributed by atoms with van der Waals surface area (Å²) in [7, 11) is 0. The van der Waals surface area contributed by atoms with Crippen molar-refractivity contribution in [1.82, 2.24) is 4.90 Å². The zero-order chi connectivity index (χ0) is 21.8. The Hall–Kier alpha value is -3.48. The van der Waals surface area contributed by atoms with E-state index in [2.05, 4.69) is 5.32 Å². The topological polar surface area (TPSA) is 92.8 Å². The molecule has 7 heteroatoms. The van der Waals surface area contributed by atoms with Crippen LogP contribution in [-0.4, -0.2) is 41.2 Å². The minimum atomic E-state index is -0.961. The number of amides is 3. The molecule has 0 aliphatic carbocycles. The van der Waals surface area contributed by atoms with Gasteiger partial charge >= 0.3 is 5.97 Å². The van der Waals surface area contributed by atoms with Gasteiger partial charge in [-0.3, -0.25) is 24.1 Å². The maximum Gasteiger partial charge on any atom is 0.306 e. The quantitative estimate of drug-likeness (QED) is 0.561. The molecule has 2 aromatic rings. The first-order chi connectivity index (χ1) is 14.3. The lowest BCUT2D eigenvalue weighted by molar-refractivity contribution is -0.153. The van der Waals surface area contributed by atoms with E-state index in [4.69, 9.17) is 4.74 Å². The largest absolute Gasteiger partial charge is 0.453 e. The number of carbonyl (C=O) groups is 4. The van der Waals surface area contributed by atoms with Gasteiger partial charge in [-0.15, -0.1) is 0 Å². The molecule has 0 saturated heterocycles. The van der Waals surface area contributed by atoms with Gasteiger partial charge in [0.15, 0.2) is 6.10 Å². The van der Waals surface area contributed by atoms with Gasteiger partial charge in [-0.25, -0.2) is 0 Å². The Morgan fingerprint density at radius 2 is 1.63 bits per heavy atom. The van der Waals surface area contributed by atoms with Crippen LogP contribution in [0.2, 0.25) is 0 Å². The number of hydrogen-bond acceptors (Lipinski definition) is 5. The van der Waals surface area contributed by atoms with Gasteiger partial charge in [0.25, 0.3) is 17.7 Å². The second kappa shape index (κ2) is 8.90. The zero-order valence-corrected chi connectivity index (χ0v) is 17.2. The van der Waals surface area contributed by atoms with Crippen LogP contribution in [0.1, 0.15) is 51.6 Å². The molecule has 0 saturated carbocycles. The average Bonchev–Trinajstić information content (AvgIpc) is 2.96. The van der Waals surface area contributed by atoms with Crippen LogP contribution in [-0.2, 0) is 14.3 Å². The van der Waals surface area contributed by atoms with Crippen LogP contribution in [0.4, 0.5) is 5.69 Å². The number of anilines is 1. The summed E-state index contributed by atoms with van der Waals surface area (Å²) < 4.78 is 5.20. The predicted molar refractivity (Wildman–Crippen MR) is 111 cm³/mol. The van der Waals surface area contributed by atoms with Crippen molar-refractivity contribution in [3.63, 3.8) is 0 Å². The third-order valence-electron chi connectivity index (χ3n) is 5.18. The van der Waals surface area contributed by atoms with Crippen molar-refractivity contribution < 1.29 is 23.9 Å². The molecule has 3 amide bonds. The molecule has 0 unspecified atom stereocenters. The Labute approximate surface area is 175 Å². The van der Waals surface area contributed by atoms with Gasteiger partial charge in [0, 0.05) is 18.7 Å². The van der Waals surface area contributed by atoms with Crippen molar-refractivity contribution in [1.29, 1.82) is 0 Å². The third-order valence-corrected chi connectivity index (χ3v) is 5.18. The van der Waals surface area contributed by atoms with Gasteiger partial charge in [0.1, 0.15) is 0 Å². The Morgan fingerprint density at radius 1 is 1.00 bits per heavy atom. The van der Waals surface area contributed by atoms with E-state index < -0.39 is 18.0 Å². The number of hydrogen-bond donors (Lipinski definition) is 1. The van der Waals surface area contributed by atoms with Crippen LogP contribution >= 0.6 is 0 Å². The number of aryl methyl sites for hydroxylation is 1. The Morgan fingerprint density at radius 3 is 2.27 bits per heavy atom. The lowest BCUT2D eigenvalue weighted by Gasteiger charge is -2.16. The molecule has 0 fully saturated rings. The van der Waals surface area contributed by atoms with Crippen LogP contribution in [0.15, 0.2) is 42.5 Å². The molecule has 0 aromatic heterocycles. The molecule has 1 heterocycles. The SMILES string of the molecule is Cc1cccc(NC(=O)[C@@H](C)OC(=O)CCCN2C(=O)c3ccccc3C2=O)c1C. The van der Waals surface area contributed by atoms with E-state index in [1.165, 1.54) is 6.92 Å². The molecule has 0 bridgehead atoms. The fraction of sp³-hybridized carbons (Fsp3) is 0.304. The summed E-state index contributed by atoms with van der Waals surface area (Å²) in [5, 5.41) is 2.77. The molecule has 1 atom stereocenters. The van der Waals surface area contributed by atoms with Crippen LogP contribution in [0.25, 0.3) is 0 Å². The fourth-order valence-electron chi connectivity index (χ4n) is 3.25. The number of benzene rings is 2. The van der Waals surface area contributed by atoms with Crippen molar-refractivity contribution in [2.24, 2.45) is 0 Å². The standard InChI is InChI=1S/C23H24N2O5/c1-14-8-6-11-19(15(14)2)24-21(27)16(3)30-20(26)12-7-13-25-22(28)17-9-4-5-10-18(17)23(25)29/h4-6,8-11,16H,7,12-13H2,1-3H3,(H,24,27)/t16-/m1/s1. The lowest BCUT2D eigenvalue weighted by Crippen LogP contribution is -2.32. The van der Waals surface area contributed by atoms with Gasteiger partial charge in [0.2, 0.25) is 0 Å². The number of rotatable bonds is 7. The fourth-order valence-corrected chi connectivity index (χ4v) is 3.25. The van der Waals surface area contributed by atoms with Gasteiger partial charge < -0.3 is 10.1 Å². The number of nitrogens with zero attached hydrogens (tertiary/aromatic N) is 1. The highest BCUT2D eigenvalue weighted by molar-refractivity contribution is 6.21. The smallest absolute Gasteiger partial charge is 0.306 e. The molecule has 2 aromatic carbocycles. The second-order valence-electron chi connectivity index (χ2n) is 7.28. The summed E-state index contributed by atoms with van der Waals surface area (Å²) in [4.78, 5) is 50.2. The Kier molecular flexibility index (Phi) is 6.30. The molecule has 30 heavy (non-hydrogen) atoms. The van der Waals surface area contributed by atoms with Crippen molar-refractivity contribution >= 4 is 29.4 Å². The van der Waals surface area contributed by atoms with Crippen LogP contribution < -0.4 is 5.32 Å². The van der Waals surface area contributed by atoms with E-state index in [1.54, 1.807) is 30.3 Å². The molecule has 1 aliphatic heterocycles. The van der Waals surface area contributed by atoms with E-state index >= 15 is 0 Å². The predicted octanol–water partition coefficient (Wildman–Crippen LogP) is 3.25. The summed E-state index contributed by atoms with van der Waals surface area (Å²) in [5.41, 5.74) is 3.42. The number of ether oxygens (including phenoxy) is 1. The first-order valence-corrected chi connectivity index (χ1v) is 9.81. The molecule has 7 nitrogen and oxygen atoms in total. The highest BCUT2D eigenvalue weighted by Gasteiger charge is 2.34. The van der Waals surface area contributed by atoms with Crippen molar-refractivity contribution in [2.45, 2.75) is 39.7 Å². The van der Waals surface area contributed by atoms with Gasteiger partial charge in [-0.2, -0.15) is 0 Å². The summed E-state index contributed by atoms with van der Waals surface area (Å²) in [6.07, 6.45) is -0.707. The van der Waals surface area contributed by atoms with Crippen molar-refractivity contribution in [3.05, 3.63) is 64.7 Å². The number of imide groups is 1. The Bertz CT molecular complexity index is 979. The van der Waals surface area contributed by atoms with Crippen LogP contribution in [0.5, 0.6) is 0 Å². The maximum atomic E-state index is 12.3. The van der Waals surface area contributed by atoms with Crippen molar-refractivity contribution in [3.8, 4) is 0 Å². The second-order valence-corrected chi connectivity index (χ2v) is 7.28. The monoisotopic (exact) mass is 408 g/mol. The molecule has 1 aliphatic rings. The van der Waals surface area contributed by atoms with Gasteiger partial charge in [-0.1, -0.05) is 24.3 Å². The summed E-state index contributed by atoms with van der Waals surface area (Å²) in [5.74, 6) is -1.69. The molecule has 0 radical (unpaired) electrons. The van der Waals surface area contributed by atoms with Crippen molar-refractivity contribution in [2.75, 3.05) is 11.9 Å². The lowest BCUT2D eigenvalue weighted by atomic mass is 10.1. The van der Waals surface area contributed by atoms with Crippen LogP contribution in [0, 0.1) is 13.8 Å². The molecular formula is C23H24N2O5. The minimum Gasteiger partial charge on any atom is -0.453 e. The first-order valence-electron chi connectivity index (χ1n) is 9.81. The summed E-state index contributed by atoms with van der Waals surface area (Å²) in [6, 6.07) is 12.2. The summed E-state index contributed by atoms with van der Waals surface area (Å²) in [6.45, 7) is 5.47. The number of nitrogens with one attached hydrogen (secondary N) is 1. The average molecular weight is 408 g/mol. The highest BCUT2D eigenvalue weighted by Crippen LogP contribution is 2.23. The number of fused-ring (bicyclic) bond motifs is 1. The molecule has 0 spiro atoms. The normalized spacial score (nSPS) is 13.8. The Balaban J connectivity index is 1.47. The van der Waals surface area contributed by atoms with Crippen LogP contribution in [0.3, 0.4) is 0 Å². The maximum absolute atomic E-state index is 12.3. The first kappa shape index (κ1) is 21.2. The van der Waals surface area contributed by atoms with E-state index in [-0.39, 0.29) is 31.2 Å². The van der Waals surface area contributed by atoms with E-state index in [0.717, 1.165) is 16.0 Å². The van der Waals surface area contributed by atoms with E-state index in [9.17, 15) is 19.2 Å². The van der Waals surface area contributed by atoms with E-state index in [1.807, 2.05) is 26.0 Å². The van der Waals surface area contributed by atoms with E-state index in [0.29, 0.717) is 16.8 Å².